The molecule has 122 valence electrons. The van der Waals surface area contributed by atoms with Gasteiger partial charge in [-0.1, -0.05) is 12.2 Å². The predicted molar refractivity (Wildman–Crippen MR) is 87.5 cm³/mol. The van der Waals surface area contributed by atoms with Gasteiger partial charge in [0.25, 0.3) is 0 Å². The Morgan fingerprint density at radius 3 is 2.38 bits per heavy atom. The van der Waals surface area contributed by atoms with E-state index in [1.807, 2.05) is 46.4 Å². The van der Waals surface area contributed by atoms with Gasteiger partial charge >= 0.3 is 6.09 Å². The Bertz CT molecular complexity index is 364. The van der Waals surface area contributed by atoms with Gasteiger partial charge in [-0.3, -0.25) is 0 Å². The predicted octanol–water partition coefficient (Wildman–Crippen LogP) is 3.72. The van der Waals surface area contributed by atoms with Crippen LogP contribution >= 0.6 is 0 Å². The van der Waals surface area contributed by atoms with Gasteiger partial charge in [0.05, 0.1) is 0 Å². The Kier molecular flexibility index (Phi) is 6.26. The molecule has 1 amide bonds. The summed E-state index contributed by atoms with van der Waals surface area (Å²) in [5.74, 6) is 0. The summed E-state index contributed by atoms with van der Waals surface area (Å²) >= 11 is 0. The number of hydrogen-bond donors (Lipinski definition) is 1. The quantitative estimate of drug-likeness (QED) is 0.804. The number of carbonyl (C=O) groups is 1. The van der Waals surface area contributed by atoms with Crippen LogP contribution in [0.4, 0.5) is 4.79 Å². The van der Waals surface area contributed by atoms with Gasteiger partial charge in [0, 0.05) is 24.7 Å². The van der Waals surface area contributed by atoms with E-state index < -0.39 is 5.60 Å². The summed E-state index contributed by atoms with van der Waals surface area (Å²) in [6.45, 7) is 13.3. The lowest BCUT2D eigenvalue weighted by molar-refractivity contribution is 0.00645. The molecule has 0 heterocycles. The third kappa shape index (κ3) is 6.98. The van der Waals surface area contributed by atoms with E-state index in [2.05, 4.69) is 17.5 Å². The van der Waals surface area contributed by atoms with Crippen molar-refractivity contribution >= 4 is 6.09 Å². The average Bonchev–Trinajstić information content (AvgIpc) is 2.32. The van der Waals surface area contributed by atoms with Crippen molar-refractivity contribution in [1.82, 2.24) is 10.2 Å². The number of nitrogens with zero attached hydrogens (tertiary/aromatic N) is 1. The minimum Gasteiger partial charge on any atom is -0.444 e. The fourth-order valence-corrected chi connectivity index (χ4v) is 2.38. The van der Waals surface area contributed by atoms with Crippen molar-refractivity contribution in [1.29, 1.82) is 0 Å². The standard InChI is InChI=1S/C17H32N2O2/c1-16(2,3)19(15(20)21-17(4,5)6)13-12-18-14-10-8-7-9-11-14/h7-8,14,18H,9-13H2,1-6H3. The first-order valence-corrected chi connectivity index (χ1v) is 7.98. The Hall–Kier alpha value is -1.03. The van der Waals surface area contributed by atoms with Crippen molar-refractivity contribution in [3.63, 3.8) is 0 Å². The number of carbonyl (C=O) groups excluding carboxylic acids is 1. The van der Waals surface area contributed by atoms with Gasteiger partial charge in [0.1, 0.15) is 5.60 Å². The van der Waals surface area contributed by atoms with Gasteiger partial charge < -0.3 is 15.0 Å². The summed E-state index contributed by atoms with van der Waals surface area (Å²) in [5.41, 5.74) is -0.696. The molecule has 0 aliphatic heterocycles. The maximum atomic E-state index is 12.4. The Morgan fingerprint density at radius 1 is 1.24 bits per heavy atom. The van der Waals surface area contributed by atoms with E-state index in [1.54, 1.807) is 0 Å². The van der Waals surface area contributed by atoms with Gasteiger partial charge in [-0.05, 0) is 60.8 Å². The monoisotopic (exact) mass is 296 g/mol. The molecule has 4 heteroatoms. The number of allylic oxidation sites excluding steroid dienone is 1. The van der Waals surface area contributed by atoms with Crippen molar-refractivity contribution in [3.8, 4) is 0 Å². The van der Waals surface area contributed by atoms with Crippen LogP contribution in [0.3, 0.4) is 0 Å². The van der Waals surface area contributed by atoms with E-state index in [9.17, 15) is 4.79 Å². The largest absolute Gasteiger partial charge is 0.444 e. The molecule has 21 heavy (non-hydrogen) atoms. The van der Waals surface area contributed by atoms with Gasteiger partial charge in [-0.15, -0.1) is 0 Å². The van der Waals surface area contributed by atoms with Crippen LogP contribution in [-0.4, -0.2) is 41.3 Å². The highest BCUT2D eigenvalue weighted by molar-refractivity contribution is 5.69. The molecule has 1 atom stereocenters. The molecule has 0 aromatic heterocycles. The van der Waals surface area contributed by atoms with Crippen LogP contribution in [0.1, 0.15) is 60.8 Å². The molecule has 4 nitrogen and oxygen atoms in total. The first-order chi connectivity index (χ1) is 9.59. The lowest BCUT2D eigenvalue weighted by Gasteiger charge is -2.37. The molecule has 0 spiro atoms. The van der Waals surface area contributed by atoms with E-state index in [-0.39, 0.29) is 11.6 Å². The third-order valence-electron chi connectivity index (χ3n) is 3.46. The van der Waals surface area contributed by atoms with E-state index in [0.29, 0.717) is 12.6 Å². The lowest BCUT2D eigenvalue weighted by Crippen LogP contribution is -2.51. The minimum atomic E-state index is -0.456. The van der Waals surface area contributed by atoms with E-state index in [0.717, 1.165) is 19.4 Å². The smallest absolute Gasteiger partial charge is 0.410 e. The van der Waals surface area contributed by atoms with Crippen LogP contribution in [-0.2, 0) is 4.74 Å². The van der Waals surface area contributed by atoms with E-state index in [1.165, 1.54) is 6.42 Å². The van der Waals surface area contributed by atoms with Crippen molar-refractivity contribution in [2.75, 3.05) is 13.1 Å². The molecule has 1 aliphatic carbocycles. The number of nitrogens with one attached hydrogen (secondary N) is 1. The number of hydrogen-bond acceptors (Lipinski definition) is 3. The SMILES string of the molecule is CC(C)(C)OC(=O)N(CCNC1CC=CCC1)C(C)(C)C. The van der Waals surface area contributed by atoms with Crippen LogP contribution in [0.5, 0.6) is 0 Å². The van der Waals surface area contributed by atoms with E-state index >= 15 is 0 Å². The van der Waals surface area contributed by atoms with E-state index in [4.69, 9.17) is 4.74 Å². The molecule has 0 aromatic rings. The Morgan fingerprint density at radius 2 is 1.90 bits per heavy atom. The zero-order valence-corrected chi connectivity index (χ0v) is 14.5. The zero-order chi connectivity index (χ0) is 16.1. The average molecular weight is 296 g/mol. The summed E-state index contributed by atoms with van der Waals surface area (Å²) in [4.78, 5) is 14.2. The van der Waals surface area contributed by atoms with Crippen LogP contribution in [0.2, 0.25) is 0 Å². The third-order valence-corrected chi connectivity index (χ3v) is 3.46. The molecule has 0 fully saturated rings. The first-order valence-electron chi connectivity index (χ1n) is 7.98. The maximum Gasteiger partial charge on any atom is 0.410 e. The van der Waals surface area contributed by atoms with Crippen LogP contribution in [0, 0.1) is 0 Å². The normalized spacial score (nSPS) is 19.4. The number of amides is 1. The molecule has 0 saturated heterocycles. The summed E-state index contributed by atoms with van der Waals surface area (Å²) in [7, 11) is 0. The Balaban J connectivity index is 2.50. The molecule has 0 saturated carbocycles. The van der Waals surface area contributed by atoms with Crippen molar-refractivity contribution in [2.45, 2.75) is 78.0 Å². The van der Waals surface area contributed by atoms with Gasteiger partial charge in [0.2, 0.25) is 0 Å². The summed E-state index contributed by atoms with van der Waals surface area (Å²) < 4.78 is 5.52. The second kappa shape index (κ2) is 7.30. The molecule has 1 unspecified atom stereocenters. The molecule has 0 aromatic carbocycles. The van der Waals surface area contributed by atoms with Gasteiger partial charge in [0.15, 0.2) is 0 Å². The number of rotatable bonds is 4. The first kappa shape index (κ1) is 18.0. The molecule has 0 radical (unpaired) electrons. The lowest BCUT2D eigenvalue weighted by atomic mass is 10.0. The fourth-order valence-electron chi connectivity index (χ4n) is 2.38. The summed E-state index contributed by atoms with van der Waals surface area (Å²) in [5, 5.41) is 3.54. The highest BCUT2D eigenvalue weighted by atomic mass is 16.6. The second-order valence-corrected chi connectivity index (χ2v) is 7.74. The maximum absolute atomic E-state index is 12.4. The molecule has 0 bridgehead atoms. The topological polar surface area (TPSA) is 41.6 Å². The zero-order valence-electron chi connectivity index (χ0n) is 14.5. The molecule has 1 N–H and O–H groups in total. The van der Waals surface area contributed by atoms with Crippen molar-refractivity contribution in [2.24, 2.45) is 0 Å². The van der Waals surface area contributed by atoms with Gasteiger partial charge in [-0.2, -0.15) is 0 Å². The van der Waals surface area contributed by atoms with Crippen LogP contribution in [0.25, 0.3) is 0 Å². The van der Waals surface area contributed by atoms with Gasteiger partial charge in [-0.25, -0.2) is 4.79 Å². The van der Waals surface area contributed by atoms with Crippen molar-refractivity contribution in [3.05, 3.63) is 12.2 Å². The molecular weight excluding hydrogens is 264 g/mol. The second-order valence-electron chi connectivity index (χ2n) is 7.74. The molecular formula is C17H32N2O2. The van der Waals surface area contributed by atoms with Crippen molar-refractivity contribution < 1.29 is 9.53 Å². The van der Waals surface area contributed by atoms with Crippen LogP contribution in [0.15, 0.2) is 12.2 Å². The minimum absolute atomic E-state index is 0.236. The summed E-state index contributed by atoms with van der Waals surface area (Å²) in [6, 6.07) is 0.537. The molecule has 1 rings (SSSR count). The van der Waals surface area contributed by atoms with Crippen LogP contribution < -0.4 is 5.32 Å². The highest BCUT2D eigenvalue weighted by Gasteiger charge is 2.30. The fraction of sp³-hybridized carbons (Fsp3) is 0.824. The number of ether oxygens (including phenoxy) is 1. The molecule has 1 aliphatic rings. The highest BCUT2D eigenvalue weighted by Crippen LogP contribution is 2.18. The summed E-state index contributed by atoms with van der Waals surface area (Å²) in [6.07, 6.45) is 7.64. The Labute approximate surface area is 129 Å².